The summed E-state index contributed by atoms with van der Waals surface area (Å²) >= 11 is 0. The summed E-state index contributed by atoms with van der Waals surface area (Å²) in [6.45, 7) is 0.358. The lowest BCUT2D eigenvalue weighted by Gasteiger charge is -2.27. The van der Waals surface area contributed by atoms with Crippen LogP contribution in [0.15, 0.2) is 30.3 Å². The molecule has 0 radical (unpaired) electrons. The van der Waals surface area contributed by atoms with Crippen LogP contribution in [0.2, 0.25) is 0 Å². The Kier molecular flexibility index (Phi) is 3.85. The summed E-state index contributed by atoms with van der Waals surface area (Å²) in [5.41, 5.74) is 2.12. The van der Waals surface area contributed by atoms with Crippen molar-refractivity contribution in [1.29, 1.82) is 0 Å². The molecule has 0 spiro atoms. The monoisotopic (exact) mass is 289 g/mol. The Morgan fingerprint density at radius 3 is 2.95 bits per heavy atom. The molecule has 0 bridgehead atoms. The van der Waals surface area contributed by atoms with Crippen molar-refractivity contribution >= 4 is 5.91 Å². The van der Waals surface area contributed by atoms with E-state index < -0.39 is 6.67 Å². The van der Waals surface area contributed by atoms with Crippen molar-refractivity contribution in [2.75, 3.05) is 13.2 Å². The molecule has 0 fully saturated rings. The molecule has 0 atom stereocenters. The summed E-state index contributed by atoms with van der Waals surface area (Å²) in [6, 6.07) is 9.20. The molecule has 110 valence electrons. The molecule has 3 rings (SSSR count). The van der Waals surface area contributed by atoms with E-state index in [0.29, 0.717) is 31.0 Å². The average Bonchev–Trinajstić information content (AvgIpc) is 2.95. The van der Waals surface area contributed by atoms with E-state index in [2.05, 4.69) is 10.2 Å². The van der Waals surface area contributed by atoms with Gasteiger partial charge in [0, 0.05) is 30.8 Å². The van der Waals surface area contributed by atoms with Crippen molar-refractivity contribution in [2.24, 2.45) is 0 Å². The van der Waals surface area contributed by atoms with Gasteiger partial charge >= 0.3 is 0 Å². The van der Waals surface area contributed by atoms with Crippen molar-refractivity contribution in [3.05, 3.63) is 47.3 Å². The predicted molar refractivity (Wildman–Crippen MR) is 74.5 cm³/mol. The molecule has 0 aliphatic carbocycles. The lowest BCUT2D eigenvalue weighted by molar-refractivity contribution is -0.134. The van der Waals surface area contributed by atoms with Crippen LogP contribution in [0.4, 0.5) is 4.39 Å². The van der Waals surface area contributed by atoms with Gasteiger partial charge in [-0.15, -0.1) is 0 Å². The van der Waals surface area contributed by atoms with Gasteiger partial charge in [0.2, 0.25) is 0 Å². The number of hydrogen-bond acceptors (Lipinski definition) is 3. The summed E-state index contributed by atoms with van der Waals surface area (Å²) in [7, 11) is 0. The molecule has 2 heterocycles. The number of hydrogen-bond donors (Lipinski definition) is 1. The number of para-hydroxylation sites is 1. The Balaban J connectivity index is 1.61. The van der Waals surface area contributed by atoms with Gasteiger partial charge in [0.05, 0.1) is 5.69 Å². The molecule has 0 unspecified atom stereocenters. The summed E-state index contributed by atoms with van der Waals surface area (Å²) < 4.78 is 18.3. The van der Waals surface area contributed by atoms with Crippen molar-refractivity contribution in [1.82, 2.24) is 15.1 Å². The van der Waals surface area contributed by atoms with Crippen LogP contribution in [0.3, 0.4) is 0 Å². The number of nitrogens with one attached hydrogen (secondary N) is 1. The van der Waals surface area contributed by atoms with Gasteiger partial charge in [0.25, 0.3) is 5.91 Å². The molecular weight excluding hydrogens is 273 g/mol. The first-order chi connectivity index (χ1) is 10.3. The van der Waals surface area contributed by atoms with Crippen LogP contribution >= 0.6 is 0 Å². The molecule has 1 amide bonds. The molecule has 1 aliphatic heterocycles. The number of H-pyrrole nitrogens is 1. The first kappa shape index (κ1) is 13.6. The fourth-order valence-electron chi connectivity index (χ4n) is 2.43. The molecule has 1 aliphatic rings. The number of rotatable bonds is 4. The van der Waals surface area contributed by atoms with Crippen LogP contribution in [-0.2, 0) is 24.4 Å². The van der Waals surface area contributed by atoms with Gasteiger partial charge in [-0.05, 0) is 12.1 Å². The second-order valence-corrected chi connectivity index (χ2v) is 4.93. The predicted octanol–water partition coefficient (Wildman–Crippen LogP) is 1.84. The van der Waals surface area contributed by atoms with E-state index in [9.17, 15) is 9.18 Å². The maximum Gasteiger partial charge on any atom is 0.260 e. The molecule has 2 aromatic rings. The fourth-order valence-corrected chi connectivity index (χ4v) is 2.43. The van der Waals surface area contributed by atoms with Gasteiger partial charge in [-0.1, -0.05) is 18.2 Å². The van der Waals surface area contributed by atoms with Gasteiger partial charge in [0.15, 0.2) is 6.61 Å². The van der Waals surface area contributed by atoms with E-state index >= 15 is 0 Å². The summed E-state index contributed by atoms with van der Waals surface area (Å²) in [5.74, 6) is 0.562. The highest BCUT2D eigenvalue weighted by Gasteiger charge is 2.25. The van der Waals surface area contributed by atoms with Crippen LogP contribution in [0.1, 0.15) is 17.0 Å². The second kappa shape index (κ2) is 5.95. The zero-order valence-corrected chi connectivity index (χ0v) is 11.5. The van der Waals surface area contributed by atoms with E-state index in [1.54, 1.807) is 17.0 Å². The van der Waals surface area contributed by atoms with Gasteiger partial charge in [0.1, 0.15) is 12.4 Å². The summed E-state index contributed by atoms with van der Waals surface area (Å²) in [5, 5.41) is 6.77. The third-order valence-corrected chi connectivity index (χ3v) is 3.60. The van der Waals surface area contributed by atoms with Crippen LogP contribution in [0, 0.1) is 0 Å². The number of carbonyl (C=O) groups is 1. The van der Waals surface area contributed by atoms with Crippen LogP contribution in [0.5, 0.6) is 5.75 Å². The number of carbonyl (C=O) groups excluding carboxylic acids is 1. The lowest BCUT2D eigenvalue weighted by Crippen LogP contribution is -2.38. The Morgan fingerprint density at radius 1 is 1.38 bits per heavy atom. The maximum atomic E-state index is 12.8. The average molecular weight is 289 g/mol. The summed E-state index contributed by atoms with van der Waals surface area (Å²) in [4.78, 5) is 13.9. The van der Waals surface area contributed by atoms with Crippen molar-refractivity contribution < 1.29 is 13.9 Å². The molecule has 5 nitrogen and oxygen atoms in total. The van der Waals surface area contributed by atoms with Gasteiger partial charge in [-0.2, -0.15) is 5.10 Å². The van der Waals surface area contributed by atoms with Gasteiger partial charge in [-0.3, -0.25) is 9.89 Å². The zero-order chi connectivity index (χ0) is 14.7. The highest BCUT2D eigenvalue weighted by molar-refractivity contribution is 5.78. The highest BCUT2D eigenvalue weighted by Crippen LogP contribution is 2.21. The third kappa shape index (κ3) is 2.89. The van der Waals surface area contributed by atoms with Crippen molar-refractivity contribution in [2.45, 2.75) is 19.6 Å². The number of alkyl halides is 1. The third-order valence-electron chi connectivity index (χ3n) is 3.60. The largest absolute Gasteiger partial charge is 0.484 e. The molecule has 21 heavy (non-hydrogen) atoms. The van der Waals surface area contributed by atoms with Crippen LogP contribution in [0.25, 0.3) is 0 Å². The fraction of sp³-hybridized carbons (Fsp3) is 0.333. The van der Waals surface area contributed by atoms with E-state index in [1.807, 2.05) is 18.2 Å². The van der Waals surface area contributed by atoms with Gasteiger partial charge in [-0.25, -0.2) is 4.39 Å². The Morgan fingerprint density at radius 2 is 2.19 bits per heavy atom. The van der Waals surface area contributed by atoms with E-state index in [4.69, 9.17) is 4.74 Å². The Labute approximate surface area is 121 Å². The second-order valence-electron chi connectivity index (χ2n) is 4.93. The SMILES string of the molecule is O=C(COc1ccccc1)N1CCc2[nH]nc(CF)c2C1. The van der Waals surface area contributed by atoms with Crippen molar-refractivity contribution in [3.8, 4) is 5.75 Å². The molecule has 0 saturated carbocycles. The smallest absolute Gasteiger partial charge is 0.260 e. The Hall–Kier alpha value is -2.37. The Bertz CT molecular complexity index is 614. The molecule has 6 heteroatoms. The molecule has 1 N–H and O–H groups in total. The number of fused-ring (bicyclic) bond motifs is 1. The molecule has 1 aromatic heterocycles. The minimum atomic E-state index is -0.617. The number of ether oxygens (including phenoxy) is 1. The normalized spacial score (nSPS) is 13.9. The van der Waals surface area contributed by atoms with Crippen molar-refractivity contribution in [3.63, 3.8) is 0 Å². The van der Waals surface area contributed by atoms with E-state index in [1.165, 1.54) is 0 Å². The minimum absolute atomic E-state index is 0.0117. The lowest BCUT2D eigenvalue weighted by atomic mass is 10.1. The van der Waals surface area contributed by atoms with Crippen LogP contribution < -0.4 is 4.74 Å². The van der Waals surface area contributed by atoms with E-state index in [0.717, 1.165) is 11.3 Å². The summed E-state index contributed by atoms with van der Waals surface area (Å²) in [6.07, 6.45) is 0.666. The first-order valence-electron chi connectivity index (χ1n) is 6.84. The maximum absolute atomic E-state index is 12.8. The number of halogens is 1. The first-order valence-corrected chi connectivity index (χ1v) is 6.84. The van der Waals surface area contributed by atoms with Crippen LogP contribution in [-0.4, -0.2) is 34.2 Å². The number of nitrogens with zero attached hydrogens (tertiary/aromatic N) is 2. The number of aromatic nitrogens is 2. The van der Waals surface area contributed by atoms with E-state index in [-0.39, 0.29) is 12.5 Å². The standard InChI is InChI=1S/C15H16FN3O2/c16-8-14-12-9-19(7-6-13(12)17-18-14)15(20)10-21-11-4-2-1-3-5-11/h1-5H,6-10H2,(H,17,18). The van der Waals surface area contributed by atoms with Gasteiger partial charge < -0.3 is 9.64 Å². The number of aromatic amines is 1. The quantitative estimate of drug-likeness (QED) is 0.934. The minimum Gasteiger partial charge on any atom is -0.484 e. The highest BCUT2D eigenvalue weighted by atomic mass is 19.1. The number of amides is 1. The zero-order valence-electron chi connectivity index (χ0n) is 11.5. The topological polar surface area (TPSA) is 58.2 Å². The number of benzene rings is 1. The molecule has 0 saturated heterocycles. The molecule has 1 aromatic carbocycles. The molecular formula is C15H16FN3O2.